The fourth-order valence-corrected chi connectivity index (χ4v) is 7.85. The van der Waals surface area contributed by atoms with Gasteiger partial charge in [-0.05, 0) is 51.8 Å². The molecule has 0 saturated heterocycles. The smallest absolute Gasteiger partial charge is 0.407 e. The van der Waals surface area contributed by atoms with Crippen LogP contribution in [0.5, 0.6) is 0 Å². The van der Waals surface area contributed by atoms with Crippen LogP contribution in [0.3, 0.4) is 0 Å². The number of carbonyl (C=O) groups excluding carboxylic acids is 6. The number of fused-ring (bicyclic) bond motifs is 3. The summed E-state index contributed by atoms with van der Waals surface area (Å²) in [7, 11) is 1.50. The van der Waals surface area contributed by atoms with Crippen LogP contribution in [-0.2, 0) is 51.0 Å². The number of thioether (sulfide) groups is 1. The van der Waals surface area contributed by atoms with Crippen LogP contribution in [-0.4, -0.2) is 119 Å². The van der Waals surface area contributed by atoms with E-state index in [9.17, 15) is 28.8 Å². The van der Waals surface area contributed by atoms with Gasteiger partial charge in [0.2, 0.25) is 29.5 Å². The molecule has 16 heteroatoms. The number of ether oxygens (including phenoxy) is 3. The molecule has 65 heavy (non-hydrogen) atoms. The summed E-state index contributed by atoms with van der Waals surface area (Å²) in [6, 6.07) is 31.7. The molecule has 0 aliphatic heterocycles. The van der Waals surface area contributed by atoms with Gasteiger partial charge in [-0.25, -0.2) is 4.79 Å². The van der Waals surface area contributed by atoms with E-state index in [0.29, 0.717) is 12.2 Å². The molecule has 0 heterocycles. The monoisotopic (exact) mass is 908 g/mol. The molecule has 3 atom stereocenters. The molecule has 6 N–H and O–H groups in total. The lowest BCUT2D eigenvalue weighted by Crippen LogP contribution is -2.57. The molecule has 4 aromatic rings. The molecule has 0 bridgehead atoms. The Hall–Kier alpha value is -6.23. The standard InChI is InChI=1S/C49H60N6O9S/c1-50-46(58)41(23-30-65-2)54-48(60)43(32-35-15-7-4-8-16-35)55-47(59)42(31-34-13-5-3-6-14-34)53-45(57)22-21-44(56)51-24-26-62-28-29-63-27-25-52-49(61)64-33-40-38-19-11-9-17-36(38)37-18-10-12-20-39(37)40/h3-20,40-43H,21-33H2,1-2H3,(H,50,58)(H,51,56)(H,52,61)(H,53,57)(H,54,60)(H,55,59). The molecule has 346 valence electrons. The number of benzene rings is 4. The van der Waals surface area contributed by atoms with Crippen molar-refractivity contribution in [3.8, 4) is 11.1 Å². The first-order valence-electron chi connectivity index (χ1n) is 21.9. The van der Waals surface area contributed by atoms with E-state index in [2.05, 4.69) is 56.2 Å². The molecule has 6 amide bonds. The van der Waals surface area contributed by atoms with E-state index in [-0.39, 0.29) is 89.5 Å². The van der Waals surface area contributed by atoms with Gasteiger partial charge in [0, 0.05) is 51.7 Å². The maximum atomic E-state index is 13.9. The van der Waals surface area contributed by atoms with E-state index in [1.807, 2.05) is 91.2 Å². The van der Waals surface area contributed by atoms with Crippen molar-refractivity contribution in [3.63, 3.8) is 0 Å². The van der Waals surface area contributed by atoms with Gasteiger partial charge >= 0.3 is 6.09 Å². The van der Waals surface area contributed by atoms with Crippen molar-refractivity contribution in [2.45, 2.75) is 56.1 Å². The van der Waals surface area contributed by atoms with E-state index in [1.54, 1.807) is 11.8 Å². The predicted octanol–water partition coefficient (Wildman–Crippen LogP) is 3.89. The van der Waals surface area contributed by atoms with E-state index in [0.717, 1.165) is 33.4 Å². The van der Waals surface area contributed by atoms with Gasteiger partial charge in [-0.1, -0.05) is 109 Å². The first kappa shape index (κ1) is 49.8. The van der Waals surface area contributed by atoms with Gasteiger partial charge in [0.25, 0.3) is 0 Å². The molecule has 3 unspecified atom stereocenters. The van der Waals surface area contributed by atoms with E-state index in [1.165, 1.54) is 7.05 Å². The zero-order chi connectivity index (χ0) is 46.2. The Bertz CT molecular complexity index is 2120. The zero-order valence-electron chi connectivity index (χ0n) is 37.0. The highest BCUT2D eigenvalue weighted by molar-refractivity contribution is 7.98. The average molecular weight is 909 g/mol. The summed E-state index contributed by atoms with van der Waals surface area (Å²) in [6.45, 7) is 1.75. The zero-order valence-corrected chi connectivity index (χ0v) is 37.8. The van der Waals surface area contributed by atoms with Crippen LogP contribution < -0.4 is 31.9 Å². The van der Waals surface area contributed by atoms with Crippen molar-refractivity contribution in [1.82, 2.24) is 31.9 Å². The number of amides is 6. The number of likely N-dealkylation sites (N-methyl/N-ethyl adjacent to an activating group) is 1. The lowest BCUT2D eigenvalue weighted by Gasteiger charge is -2.25. The topological polar surface area (TPSA) is 202 Å². The molecule has 4 aromatic carbocycles. The van der Waals surface area contributed by atoms with Crippen LogP contribution in [0, 0.1) is 0 Å². The fraction of sp³-hybridized carbons (Fsp3) is 0.388. The number of alkyl carbamates (subject to hydrolysis) is 1. The second kappa shape index (κ2) is 27.2. The van der Waals surface area contributed by atoms with E-state index in [4.69, 9.17) is 14.2 Å². The summed E-state index contributed by atoms with van der Waals surface area (Å²) in [5, 5.41) is 16.4. The lowest BCUT2D eigenvalue weighted by molar-refractivity contribution is -0.133. The van der Waals surface area contributed by atoms with Crippen LogP contribution in [0.15, 0.2) is 109 Å². The van der Waals surface area contributed by atoms with Crippen LogP contribution in [0.25, 0.3) is 11.1 Å². The highest BCUT2D eigenvalue weighted by Gasteiger charge is 2.31. The van der Waals surface area contributed by atoms with Crippen molar-refractivity contribution in [2.75, 3.05) is 65.2 Å². The van der Waals surface area contributed by atoms with Crippen molar-refractivity contribution in [2.24, 2.45) is 0 Å². The first-order valence-corrected chi connectivity index (χ1v) is 23.3. The molecule has 1 aliphatic carbocycles. The third kappa shape index (κ3) is 16.4. The number of rotatable bonds is 27. The molecule has 0 radical (unpaired) electrons. The lowest BCUT2D eigenvalue weighted by atomic mass is 9.98. The Labute approximate surface area is 384 Å². The minimum Gasteiger partial charge on any atom is -0.449 e. The summed E-state index contributed by atoms with van der Waals surface area (Å²) in [5.41, 5.74) is 6.18. The maximum absolute atomic E-state index is 13.9. The largest absolute Gasteiger partial charge is 0.449 e. The maximum Gasteiger partial charge on any atom is 0.407 e. The third-order valence-corrected chi connectivity index (χ3v) is 11.4. The van der Waals surface area contributed by atoms with E-state index < -0.39 is 41.9 Å². The minimum absolute atomic E-state index is 0.0191. The summed E-state index contributed by atoms with van der Waals surface area (Å²) in [6.07, 6.45) is 1.77. The highest BCUT2D eigenvalue weighted by atomic mass is 32.2. The van der Waals surface area contributed by atoms with Crippen LogP contribution in [0.1, 0.15) is 47.4 Å². The normalized spacial score (nSPS) is 13.0. The predicted molar refractivity (Wildman–Crippen MR) is 250 cm³/mol. The summed E-state index contributed by atoms with van der Waals surface area (Å²) >= 11 is 1.55. The molecule has 0 saturated carbocycles. The second-order valence-corrected chi connectivity index (χ2v) is 16.3. The number of hydrogen-bond acceptors (Lipinski definition) is 10. The van der Waals surface area contributed by atoms with Crippen LogP contribution in [0.4, 0.5) is 4.79 Å². The van der Waals surface area contributed by atoms with Gasteiger partial charge < -0.3 is 46.1 Å². The minimum atomic E-state index is -1.07. The van der Waals surface area contributed by atoms with Gasteiger partial charge in [-0.15, -0.1) is 0 Å². The Balaban J connectivity index is 0.987. The van der Waals surface area contributed by atoms with Gasteiger partial charge in [-0.3, -0.25) is 24.0 Å². The molecule has 0 fully saturated rings. The molecule has 0 aromatic heterocycles. The van der Waals surface area contributed by atoms with Gasteiger partial charge in [0.05, 0.1) is 26.4 Å². The molecule has 0 spiro atoms. The van der Waals surface area contributed by atoms with Gasteiger partial charge in [-0.2, -0.15) is 11.8 Å². The molecular formula is C49H60N6O9S. The van der Waals surface area contributed by atoms with Crippen molar-refractivity contribution >= 4 is 47.4 Å². The SMILES string of the molecule is CNC(=O)C(CCSC)NC(=O)C(Cc1ccccc1)NC(=O)C(Cc1ccccc1)NC(=O)CCC(=O)NCCOCCOCCNC(=O)OCC1c2ccccc2-c2ccccc21. The summed E-state index contributed by atoms with van der Waals surface area (Å²) < 4.78 is 16.6. The summed E-state index contributed by atoms with van der Waals surface area (Å²) in [5.74, 6) is -1.73. The fourth-order valence-electron chi connectivity index (χ4n) is 7.38. The van der Waals surface area contributed by atoms with Gasteiger partial charge in [0.15, 0.2) is 0 Å². The quantitative estimate of drug-likeness (QED) is 0.0477. The number of nitrogens with one attached hydrogen (secondary N) is 6. The number of carbonyl (C=O) groups is 6. The third-order valence-electron chi connectivity index (χ3n) is 10.7. The summed E-state index contributed by atoms with van der Waals surface area (Å²) in [4.78, 5) is 78.4. The molecular weight excluding hydrogens is 849 g/mol. The van der Waals surface area contributed by atoms with Crippen molar-refractivity contribution in [1.29, 1.82) is 0 Å². The molecule has 5 rings (SSSR count). The Morgan fingerprint density at radius 3 is 1.62 bits per heavy atom. The molecule has 1 aliphatic rings. The number of hydrogen-bond donors (Lipinski definition) is 6. The van der Waals surface area contributed by atoms with Crippen LogP contribution in [0.2, 0.25) is 0 Å². The Morgan fingerprint density at radius 1 is 0.569 bits per heavy atom. The second-order valence-electron chi connectivity index (χ2n) is 15.3. The molecule has 15 nitrogen and oxygen atoms in total. The average Bonchev–Trinajstić information content (AvgIpc) is 3.65. The highest BCUT2D eigenvalue weighted by Crippen LogP contribution is 2.44. The van der Waals surface area contributed by atoms with E-state index >= 15 is 0 Å². The van der Waals surface area contributed by atoms with Crippen LogP contribution >= 0.6 is 11.8 Å². The van der Waals surface area contributed by atoms with Crippen molar-refractivity contribution < 1.29 is 43.0 Å². The Morgan fingerprint density at radius 2 is 1.06 bits per heavy atom. The van der Waals surface area contributed by atoms with Crippen molar-refractivity contribution in [3.05, 3.63) is 131 Å². The Kier molecular flexibility index (Phi) is 20.8. The first-order chi connectivity index (χ1) is 31.7. The van der Waals surface area contributed by atoms with Gasteiger partial charge in [0.1, 0.15) is 24.7 Å².